The van der Waals surface area contributed by atoms with Crippen molar-refractivity contribution in [3.63, 3.8) is 0 Å². The zero-order chi connectivity index (χ0) is 15.3. The molecule has 0 N–H and O–H groups in total. The molecule has 1 saturated carbocycles. The van der Waals surface area contributed by atoms with Crippen molar-refractivity contribution < 1.29 is 25.3 Å². The Hall–Kier alpha value is -0.290. The van der Waals surface area contributed by atoms with E-state index in [4.69, 9.17) is 20.7 Å². The molecule has 0 aliphatic heterocycles. The van der Waals surface area contributed by atoms with E-state index >= 15 is 0 Å². The van der Waals surface area contributed by atoms with Gasteiger partial charge in [-0.25, -0.2) is 9.36 Å². The van der Waals surface area contributed by atoms with Crippen LogP contribution in [0.1, 0.15) is 38.5 Å². The number of nitrogens with zero attached hydrogens (tertiary/aromatic N) is 2. The molecule has 1 fully saturated rings. The number of rotatable bonds is 10. The number of aromatic nitrogens is 2. The van der Waals surface area contributed by atoms with Crippen molar-refractivity contribution in [2.75, 3.05) is 13.2 Å². The van der Waals surface area contributed by atoms with Crippen molar-refractivity contribution in [2.45, 2.75) is 32.6 Å². The summed E-state index contributed by atoms with van der Waals surface area (Å²) in [6.45, 7) is 4.10. The first kappa shape index (κ1) is 17.1. The summed E-state index contributed by atoms with van der Waals surface area (Å²) in [6.07, 6.45) is 1.76. The Morgan fingerprint density at radius 2 is 1.86 bits per heavy atom. The van der Waals surface area contributed by atoms with Gasteiger partial charge in [-0.3, -0.25) is 8.37 Å². The van der Waals surface area contributed by atoms with Crippen molar-refractivity contribution in [3.8, 4) is 0 Å². The molecule has 1 heterocycles. The summed E-state index contributed by atoms with van der Waals surface area (Å²) in [4.78, 5) is 11.8. The highest BCUT2D eigenvalue weighted by molar-refractivity contribution is 7.97. The Labute approximate surface area is 130 Å². The van der Waals surface area contributed by atoms with Gasteiger partial charge >= 0.3 is 13.5 Å². The molecule has 1 aliphatic carbocycles. The molecular weight excluding hydrogens is 343 g/mol. The molecule has 0 radical (unpaired) electrons. The molecule has 0 atom stereocenters. The fourth-order valence-corrected chi connectivity index (χ4v) is 3.65. The van der Waals surface area contributed by atoms with Crippen LogP contribution in [0.3, 0.4) is 0 Å². The second-order valence-electron chi connectivity index (χ2n) is 3.94. The highest BCUT2D eigenvalue weighted by Gasteiger charge is 2.38. The lowest BCUT2D eigenvalue weighted by Crippen LogP contribution is -2.15. The van der Waals surface area contributed by atoms with Crippen LogP contribution < -0.4 is 5.76 Å². The van der Waals surface area contributed by atoms with E-state index in [2.05, 4.69) is 5.10 Å². The maximum Gasteiger partial charge on any atom is 0.487 e. The number of hydrogen-bond acceptors (Lipinski definition) is 10. The smallest absolute Gasteiger partial charge is 0.392 e. The molecular formula is C9H15N2O7PS2. The van der Waals surface area contributed by atoms with Crippen molar-refractivity contribution in [1.82, 2.24) is 9.55 Å². The Morgan fingerprint density at radius 1 is 1.29 bits per heavy atom. The molecule has 0 unspecified atom stereocenters. The summed E-state index contributed by atoms with van der Waals surface area (Å²) in [5, 5.41) is 3.89. The van der Waals surface area contributed by atoms with E-state index in [9.17, 15) is 9.36 Å². The maximum atomic E-state index is 12.6. The summed E-state index contributed by atoms with van der Waals surface area (Å²) >= 11 is 0.913. The molecule has 9 nitrogen and oxygen atoms in total. The van der Waals surface area contributed by atoms with E-state index in [-0.39, 0.29) is 11.8 Å². The second-order valence-corrected chi connectivity index (χ2v) is 7.19. The van der Waals surface area contributed by atoms with E-state index < -0.39 is 13.5 Å². The predicted molar refractivity (Wildman–Crippen MR) is 76.3 cm³/mol. The van der Waals surface area contributed by atoms with E-state index in [0.717, 1.165) is 12.8 Å². The van der Waals surface area contributed by atoms with Gasteiger partial charge in [0.25, 0.3) is 0 Å². The van der Waals surface area contributed by atoms with Crippen LogP contribution in [0.15, 0.2) is 9.21 Å². The van der Waals surface area contributed by atoms with E-state index in [1.807, 2.05) is 0 Å². The standard InChI is InChI=1S/C9H15N2O7PS2/c1-3-14-20-17-19(13,18-21-15-4-2)11-9(12)16-8(10-11)7-5-6-7/h7H,3-6H2,1-2H3. The first-order chi connectivity index (χ1) is 10.1. The minimum Gasteiger partial charge on any atom is -0.392 e. The summed E-state index contributed by atoms with van der Waals surface area (Å²) < 4.78 is 37.9. The Morgan fingerprint density at radius 3 is 2.33 bits per heavy atom. The minimum absolute atomic E-state index is 0.0893. The lowest BCUT2D eigenvalue weighted by Gasteiger charge is -2.12. The lowest BCUT2D eigenvalue weighted by molar-refractivity contribution is 0.326. The average molecular weight is 358 g/mol. The fourth-order valence-electron chi connectivity index (χ4n) is 1.23. The van der Waals surface area contributed by atoms with E-state index in [1.54, 1.807) is 13.8 Å². The molecule has 0 aromatic carbocycles. The third-order valence-electron chi connectivity index (χ3n) is 2.29. The second kappa shape index (κ2) is 7.82. The molecule has 0 bridgehead atoms. The van der Waals surface area contributed by atoms with Gasteiger partial charge in [0.1, 0.15) is 0 Å². The summed E-state index contributed by atoms with van der Waals surface area (Å²) in [7, 11) is -4.08. The summed E-state index contributed by atoms with van der Waals surface area (Å²) in [6, 6.07) is 0. The van der Waals surface area contributed by atoms with Gasteiger partial charge in [0.05, 0.1) is 13.2 Å². The zero-order valence-corrected chi connectivity index (χ0v) is 13.9. The van der Waals surface area contributed by atoms with E-state index in [0.29, 0.717) is 42.3 Å². The molecule has 1 aliphatic rings. The summed E-state index contributed by atoms with van der Waals surface area (Å²) in [5.41, 5.74) is 0. The van der Waals surface area contributed by atoms with E-state index in [1.165, 1.54) is 0 Å². The molecule has 1 aromatic heterocycles. The first-order valence-corrected chi connectivity index (χ1v) is 9.10. The van der Waals surface area contributed by atoms with Crippen LogP contribution in [0.5, 0.6) is 0 Å². The van der Waals surface area contributed by atoms with Gasteiger partial charge < -0.3 is 4.42 Å². The molecule has 21 heavy (non-hydrogen) atoms. The highest BCUT2D eigenvalue weighted by atomic mass is 32.2. The normalized spacial score (nSPS) is 15.5. The molecule has 2 rings (SSSR count). The van der Waals surface area contributed by atoms with Crippen LogP contribution in [0.4, 0.5) is 0 Å². The SMILES string of the molecule is CCOSOP(=O)(OSOCC)n1nc(C2CC2)oc1=O. The fraction of sp³-hybridized carbons (Fsp3) is 0.778. The van der Waals surface area contributed by atoms with Gasteiger partial charge in [0, 0.05) is 5.92 Å². The highest BCUT2D eigenvalue weighted by Crippen LogP contribution is 2.55. The van der Waals surface area contributed by atoms with Gasteiger partial charge in [-0.2, -0.15) is 7.94 Å². The van der Waals surface area contributed by atoms with Gasteiger partial charge in [-0.05, 0) is 26.7 Å². The average Bonchev–Trinajstić information content (AvgIpc) is 3.22. The molecule has 120 valence electrons. The molecule has 0 spiro atoms. The Balaban J connectivity index is 2.16. The Bertz CT molecular complexity index is 545. The molecule has 1 aromatic rings. The van der Waals surface area contributed by atoms with Crippen LogP contribution >= 0.6 is 32.4 Å². The summed E-state index contributed by atoms with van der Waals surface area (Å²) in [5.74, 6) is -0.587. The first-order valence-electron chi connectivity index (χ1n) is 6.27. The number of hydrogen-bond donors (Lipinski definition) is 0. The zero-order valence-electron chi connectivity index (χ0n) is 11.4. The topological polar surface area (TPSA) is 102 Å². The third kappa shape index (κ3) is 4.59. The lowest BCUT2D eigenvalue weighted by atomic mass is 10.4. The van der Waals surface area contributed by atoms with Crippen molar-refractivity contribution in [1.29, 1.82) is 0 Å². The van der Waals surface area contributed by atoms with Crippen LogP contribution in [0.2, 0.25) is 0 Å². The molecule has 0 saturated heterocycles. The van der Waals surface area contributed by atoms with Crippen LogP contribution in [0.25, 0.3) is 0 Å². The molecule has 0 amide bonds. The monoisotopic (exact) mass is 358 g/mol. The maximum absolute atomic E-state index is 12.6. The third-order valence-corrected chi connectivity index (χ3v) is 5.66. The molecule has 12 heteroatoms. The van der Waals surface area contributed by atoms with Crippen molar-refractivity contribution >= 4 is 32.4 Å². The van der Waals surface area contributed by atoms with Crippen LogP contribution in [-0.2, 0) is 20.9 Å². The van der Waals surface area contributed by atoms with Crippen molar-refractivity contribution in [3.05, 3.63) is 16.4 Å². The van der Waals surface area contributed by atoms with Gasteiger partial charge in [-0.1, -0.05) is 4.45 Å². The predicted octanol–water partition coefficient (Wildman–Crippen LogP) is 2.90. The van der Waals surface area contributed by atoms with Gasteiger partial charge in [-0.15, -0.1) is 5.10 Å². The van der Waals surface area contributed by atoms with Crippen LogP contribution in [-0.4, -0.2) is 22.8 Å². The van der Waals surface area contributed by atoms with Gasteiger partial charge in [0.15, 0.2) is 24.6 Å². The van der Waals surface area contributed by atoms with Crippen molar-refractivity contribution in [2.24, 2.45) is 0 Å². The van der Waals surface area contributed by atoms with Crippen LogP contribution in [0, 0.1) is 0 Å². The quantitative estimate of drug-likeness (QED) is 0.352. The van der Waals surface area contributed by atoms with Gasteiger partial charge in [0.2, 0.25) is 5.89 Å². The Kier molecular flexibility index (Phi) is 6.35. The minimum atomic E-state index is -4.08. The largest absolute Gasteiger partial charge is 0.487 e.